The van der Waals surface area contributed by atoms with E-state index >= 15 is 0 Å². The summed E-state index contributed by atoms with van der Waals surface area (Å²) in [5, 5.41) is 16.0. The van der Waals surface area contributed by atoms with E-state index in [2.05, 4.69) is 20.6 Å². The summed E-state index contributed by atoms with van der Waals surface area (Å²) in [4.78, 5) is 7.34. The molecule has 0 radical (unpaired) electrons. The molecule has 0 saturated carbocycles. The van der Waals surface area contributed by atoms with Crippen LogP contribution in [0, 0.1) is 5.82 Å². The highest BCUT2D eigenvalue weighted by molar-refractivity contribution is 5.83. The normalized spacial score (nSPS) is 11.9. The number of hydrogen-bond donors (Lipinski definition) is 4. The predicted molar refractivity (Wildman–Crippen MR) is 83.0 cm³/mol. The lowest BCUT2D eigenvalue weighted by Crippen LogP contribution is -2.38. The lowest BCUT2D eigenvalue weighted by atomic mass is 10.1. The van der Waals surface area contributed by atoms with Gasteiger partial charge in [-0.25, -0.2) is 4.39 Å². The topological polar surface area (TPSA) is 72.4 Å². The van der Waals surface area contributed by atoms with Crippen molar-refractivity contribution in [1.29, 1.82) is 0 Å². The number of halogens is 1. The number of benzene rings is 1. The van der Waals surface area contributed by atoms with Crippen LogP contribution in [0.3, 0.4) is 0 Å². The summed E-state index contributed by atoms with van der Waals surface area (Å²) in [7, 11) is 0. The molecule has 0 unspecified atom stereocenters. The van der Waals surface area contributed by atoms with E-state index in [1.54, 1.807) is 12.1 Å². The first-order valence-corrected chi connectivity index (χ1v) is 7.13. The molecular formula is C15H21FN4O. The third-order valence-corrected chi connectivity index (χ3v) is 3.13. The van der Waals surface area contributed by atoms with Crippen molar-refractivity contribution in [3.63, 3.8) is 0 Å². The van der Waals surface area contributed by atoms with Crippen LogP contribution in [0.1, 0.15) is 12.5 Å². The second kappa shape index (κ2) is 7.64. The number of H-pyrrole nitrogens is 1. The molecule has 21 heavy (non-hydrogen) atoms. The lowest BCUT2D eigenvalue weighted by Gasteiger charge is -2.10. The summed E-state index contributed by atoms with van der Waals surface area (Å²) >= 11 is 0. The number of rotatable bonds is 6. The number of aromatic amines is 1. The van der Waals surface area contributed by atoms with Gasteiger partial charge in [0.15, 0.2) is 5.96 Å². The smallest absolute Gasteiger partial charge is 0.191 e. The number of hydrogen-bond acceptors (Lipinski definition) is 2. The van der Waals surface area contributed by atoms with E-state index < -0.39 is 0 Å². The van der Waals surface area contributed by atoms with Crippen LogP contribution in [0.15, 0.2) is 29.4 Å². The third kappa shape index (κ3) is 4.19. The van der Waals surface area contributed by atoms with Gasteiger partial charge < -0.3 is 20.7 Å². The summed E-state index contributed by atoms with van der Waals surface area (Å²) in [6.45, 7) is 3.82. The molecule has 1 heterocycles. The maximum atomic E-state index is 13.3. The van der Waals surface area contributed by atoms with Crippen LogP contribution in [-0.4, -0.2) is 42.3 Å². The van der Waals surface area contributed by atoms with Gasteiger partial charge in [-0.1, -0.05) is 0 Å². The SMILES string of the molecule is CCNC(=NCCO)NCCc1c[nH]c2ccc(F)cc12. The zero-order valence-corrected chi connectivity index (χ0v) is 12.1. The van der Waals surface area contributed by atoms with Crippen molar-refractivity contribution in [2.75, 3.05) is 26.2 Å². The number of guanidine groups is 1. The summed E-state index contributed by atoms with van der Waals surface area (Å²) in [5.74, 6) is 0.451. The van der Waals surface area contributed by atoms with Gasteiger partial charge in [-0.05, 0) is 37.1 Å². The van der Waals surface area contributed by atoms with E-state index in [9.17, 15) is 4.39 Å². The Balaban J connectivity index is 1.96. The molecule has 6 heteroatoms. The standard InChI is InChI=1S/C15H21FN4O/c1-2-17-15(19-7-8-21)18-6-5-11-10-20-14-4-3-12(16)9-13(11)14/h3-4,9-10,20-21H,2,5-8H2,1H3,(H2,17,18,19). The molecule has 0 aliphatic rings. The van der Waals surface area contributed by atoms with E-state index in [4.69, 9.17) is 5.11 Å². The molecule has 2 aromatic rings. The number of fused-ring (bicyclic) bond motifs is 1. The summed E-state index contributed by atoms with van der Waals surface area (Å²) in [6.07, 6.45) is 2.66. The first-order valence-electron chi connectivity index (χ1n) is 7.13. The van der Waals surface area contributed by atoms with Crippen LogP contribution in [0.2, 0.25) is 0 Å². The molecule has 0 bridgehead atoms. The number of aliphatic hydroxyl groups excluding tert-OH is 1. The van der Waals surface area contributed by atoms with Crippen LogP contribution < -0.4 is 10.6 Å². The van der Waals surface area contributed by atoms with Crippen molar-refractivity contribution in [2.45, 2.75) is 13.3 Å². The van der Waals surface area contributed by atoms with E-state index in [1.165, 1.54) is 6.07 Å². The van der Waals surface area contributed by atoms with Gasteiger partial charge in [0.05, 0.1) is 13.2 Å². The Bertz CT molecular complexity index is 609. The zero-order chi connectivity index (χ0) is 15.1. The average Bonchev–Trinajstić information content (AvgIpc) is 2.87. The molecule has 0 spiro atoms. The van der Waals surface area contributed by atoms with Crippen LogP contribution in [0.5, 0.6) is 0 Å². The van der Waals surface area contributed by atoms with Crippen LogP contribution in [-0.2, 0) is 6.42 Å². The van der Waals surface area contributed by atoms with Crippen LogP contribution in [0.4, 0.5) is 4.39 Å². The number of nitrogens with one attached hydrogen (secondary N) is 3. The molecule has 0 aliphatic carbocycles. The summed E-state index contributed by atoms with van der Waals surface area (Å²) in [5.41, 5.74) is 2.00. The van der Waals surface area contributed by atoms with Crippen molar-refractivity contribution < 1.29 is 9.50 Å². The molecule has 4 N–H and O–H groups in total. The van der Waals surface area contributed by atoms with Crippen molar-refractivity contribution in [3.8, 4) is 0 Å². The molecule has 1 aromatic heterocycles. The van der Waals surface area contributed by atoms with Gasteiger partial charge in [-0.15, -0.1) is 0 Å². The fourth-order valence-corrected chi connectivity index (χ4v) is 2.18. The van der Waals surface area contributed by atoms with Crippen molar-refractivity contribution in [3.05, 3.63) is 35.8 Å². The molecule has 1 aromatic carbocycles. The van der Waals surface area contributed by atoms with E-state index in [0.29, 0.717) is 19.0 Å². The van der Waals surface area contributed by atoms with Gasteiger partial charge in [0.2, 0.25) is 0 Å². The highest BCUT2D eigenvalue weighted by Crippen LogP contribution is 2.19. The Morgan fingerprint density at radius 2 is 2.24 bits per heavy atom. The average molecular weight is 292 g/mol. The Kier molecular flexibility index (Phi) is 5.57. The summed E-state index contributed by atoms with van der Waals surface area (Å²) in [6, 6.07) is 4.74. The number of aromatic nitrogens is 1. The highest BCUT2D eigenvalue weighted by Gasteiger charge is 2.05. The molecule has 2 rings (SSSR count). The Labute approximate surface area is 123 Å². The second-order valence-electron chi connectivity index (χ2n) is 4.66. The monoisotopic (exact) mass is 292 g/mol. The fourth-order valence-electron chi connectivity index (χ4n) is 2.18. The van der Waals surface area contributed by atoms with Gasteiger partial charge in [0, 0.05) is 30.2 Å². The molecule has 0 fully saturated rings. The van der Waals surface area contributed by atoms with Crippen LogP contribution in [0.25, 0.3) is 10.9 Å². The van der Waals surface area contributed by atoms with Gasteiger partial charge in [-0.3, -0.25) is 4.99 Å². The lowest BCUT2D eigenvalue weighted by molar-refractivity contribution is 0.306. The van der Waals surface area contributed by atoms with Gasteiger partial charge in [0.25, 0.3) is 0 Å². The minimum absolute atomic E-state index is 0.0261. The number of aliphatic imine (C=N–C) groups is 1. The molecule has 5 nitrogen and oxygen atoms in total. The van der Waals surface area contributed by atoms with Crippen molar-refractivity contribution in [2.24, 2.45) is 4.99 Å². The molecule has 0 amide bonds. The first kappa shape index (κ1) is 15.3. The minimum Gasteiger partial charge on any atom is -0.394 e. The van der Waals surface area contributed by atoms with E-state index in [0.717, 1.165) is 29.4 Å². The largest absolute Gasteiger partial charge is 0.394 e. The van der Waals surface area contributed by atoms with Gasteiger partial charge in [0.1, 0.15) is 5.82 Å². The molecule has 0 aliphatic heterocycles. The maximum absolute atomic E-state index is 13.3. The number of nitrogens with zero attached hydrogens (tertiary/aromatic N) is 1. The zero-order valence-electron chi connectivity index (χ0n) is 12.1. The molecular weight excluding hydrogens is 271 g/mol. The molecule has 0 atom stereocenters. The Hall–Kier alpha value is -2.08. The Morgan fingerprint density at radius 1 is 1.38 bits per heavy atom. The highest BCUT2D eigenvalue weighted by atomic mass is 19.1. The molecule has 0 saturated heterocycles. The van der Waals surface area contributed by atoms with E-state index in [-0.39, 0.29) is 12.4 Å². The third-order valence-electron chi connectivity index (χ3n) is 3.13. The van der Waals surface area contributed by atoms with Gasteiger partial charge in [-0.2, -0.15) is 0 Å². The predicted octanol–water partition coefficient (Wildman–Crippen LogP) is 1.40. The van der Waals surface area contributed by atoms with Crippen molar-refractivity contribution in [1.82, 2.24) is 15.6 Å². The van der Waals surface area contributed by atoms with Crippen molar-refractivity contribution >= 4 is 16.9 Å². The summed E-state index contributed by atoms with van der Waals surface area (Å²) < 4.78 is 13.3. The first-order chi connectivity index (χ1) is 10.2. The van der Waals surface area contributed by atoms with Gasteiger partial charge >= 0.3 is 0 Å². The van der Waals surface area contributed by atoms with Crippen LogP contribution >= 0.6 is 0 Å². The second-order valence-corrected chi connectivity index (χ2v) is 4.66. The number of aliphatic hydroxyl groups is 1. The maximum Gasteiger partial charge on any atom is 0.191 e. The Morgan fingerprint density at radius 3 is 3.00 bits per heavy atom. The fraction of sp³-hybridized carbons (Fsp3) is 0.400. The minimum atomic E-state index is -0.228. The van der Waals surface area contributed by atoms with E-state index in [1.807, 2.05) is 13.1 Å². The molecule has 114 valence electrons. The quantitative estimate of drug-likeness (QED) is 0.480.